The van der Waals surface area contributed by atoms with Gasteiger partial charge in [-0.3, -0.25) is 0 Å². The van der Waals surface area contributed by atoms with Gasteiger partial charge in [0.25, 0.3) is 0 Å². The van der Waals surface area contributed by atoms with Crippen LogP contribution in [0.1, 0.15) is 55.7 Å². The summed E-state index contributed by atoms with van der Waals surface area (Å²) < 4.78 is 0. The number of rotatable bonds is 1. The molecule has 0 spiro atoms. The van der Waals surface area contributed by atoms with E-state index in [2.05, 4.69) is 45.9 Å². The molecule has 0 heterocycles. The van der Waals surface area contributed by atoms with Gasteiger partial charge in [0.1, 0.15) is 0 Å². The predicted molar refractivity (Wildman–Crippen MR) is 70.8 cm³/mol. The van der Waals surface area contributed by atoms with Crippen molar-refractivity contribution < 1.29 is 0 Å². The highest BCUT2D eigenvalue weighted by Gasteiger charge is 2.26. The zero-order valence-electron chi connectivity index (χ0n) is 11.1. The largest absolute Gasteiger partial charge is 0.0625 e. The van der Waals surface area contributed by atoms with Gasteiger partial charge in [-0.2, -0.15) is 0 Å². The van der Waals surface area contributed by atoms with Gasteiger partial charge in [0.05, 0.1) is 0 Å². The van der Waals surface area contributed by atoms with E-state index in [-0.39, 0.29) is 0 Å². The molecule has 2 rings (SSSR count). The lowest BCUT2D eigenvalue weighted by Gasteiger charge is -2.33. The Hall–Kier alpha value is -0.780. The van der Waals surface area contributed by atoms with Crippen molar-refractivity contribution in [2.24, 2.45) is 11.8 Å². The molecule has 1 aliphatic rings. The van der Waals surface area contributed by atoms with Gasteiger partial charge in [0, 0.05) is 0 Å². The highest BCUT2D eigenvalue weighted by Crippen LogP contribution is 2.40. The van der Waals surface area contributed by atoms with Crippen molar-refractivity contribution in [1.29, 1.82) is 0 Å². The minimum atomic E-state index is 0.801. The quantitative estimate of drug-likeness (QED) is 0.630. The number of hydrogen-bond acceptors (Lipinski definition) is 0. The molecule has 88 valence electrons. The first-order valence-corrected chi connectivity index (χ1v) is 6.65. The minimum absolute atomic E-state index is 0.801. The van der Waals surface area contributed by atoms with Gasteiger partial charge in [-0.05, 0) is 61.1 Å². The van der Waals surface area contributed by atoms with E-state index in [1.54, 1.807) is 5.56 Å². The van der Waals surface area contributed by atoms with Crippen molar-refractivity contribution in [3.05, 3.63) is 34.9 Å². The van der Waals surface area contributed by atoms with Gasteiger partial charge >= 0.3 is 0 Å². The summed E-state index contributed by atoms with van der Waals surface area (Å²) in [5, 5.41) is 0. The zero-order valence-corrected chi connectivity index (χ0v) is 11.1. The standard InChI is InChI=1S/C16H24/c1-11-5-8-16(14(4)9-11)15-7-6-12(2)13(3)10-15/h6-7,10-11,14,16H,5,8-9H2,1-4H3. The Bertz CT molecular complexity index is 364. The first-order chi connectivity index (χ1) is 7.58. The van der Waals surface area contributed by atoms with E-state index in [1.807, 2.05) is 0 Å². The summed E-state index contributed by atoms with van der Waals surface area (Å²) in [7, 11) is 0. The molecule has 1 aromatic carbocycles. The monoisotopic (exact) mass is 216 g/mol. The molecule has 16 heavy (non-hydrogen) atoms. The lowest BCUT2D eigenvalue weighted by Crippen LogP contribution is -2.19. The molecule has 3 atom stereocenters. The molecule has 0 nitrogen and oxygen atoms in total. The van der Waals surface area contributed by atoms with E-state index < -0.39 is 0 Å². The summed E-state index contributed by atoms with van der Waals surface area (Å²) in [5.74, 6) is 2.58. The van der Waals surface area contributed by atoms with E-state index in [9.17, 15) is 0 Å². The fourth-order valence-electron chi connectivity index (χ4n) is 3.16. The van der Waals surface area contributed by atoms with E-state index in [0.717, 1.165) is 17.8 Å². The summed E-state index contributed by atoms with van der Waals surface area (Å²) in [4.78, 5) is 0. The van der Waals surface area contributed by atoms with Crippen LogP contribution >= 0.6 is 0 Å². The molecule has 3 unspecified atom stereocenters. The Morgan fingerprint density at radius 2 is 1.75 bits per heavy atom. The highest BCUT2D eigenvalue weighted by atomic mass is 14.3. The maximum absolute atomic E-state index is 2.43. The van der Waals surface area contributed by atoms with Gasteiger partial charge in [-0.1, -0.05) is 38.5 Å². The SMILES string of the molecule is Cc1ccc(C2CCC(C)CC2C)cc1C. The summed E-state index contributed by atoms with van der Waals surface area (Å²) in [6, 6.07) is 7.04. The van der Waals surface area contributed by atoms with E-state index in [1.165, 1.54) is 30.4 Å². The van der Waals surface area contributed by atoms with Crippen LogP contribution in [0.3, 0.4) is 0 Å². The molecule has 1 aliphatic carbocycles. The van der Waals surface area contributed by atoms with Crippen molar-refractivity contribution in [2.75, 3.05) is 0 Å². The van der Waals surface area contributed by atoms with E-state index in [0.29, 0.717) is 0 Å². The average molecular weight is 216 g/mol. The van der Waals surface area contributed by atoms with Crippen molar-refractivity contribution in [2.45, 2.75) is 52.9 Å². The maximum Gasteiger partial charge on any atom is -0.0136 e. The van der Waals surface area contributed by atoms with Crippen molar-refractivity contribution in [3.63, 3.8) is 0 Å². The summed E-state index contributed by atoms with van der Waals surface area (Å²) in [6.07, 6.45) is 4.18. The van der Waals surface area contributed by atoms with E-state index in [4.69, 9.17) is 0 Å². The van der Waals surface area contributed by atoms with Crippen LogP contribution in [0.5, 0.6) is 0 Å². The Morgan fingerprint density at radius 3 is 2.38 bits per heavy atom. The summed E-state index contributed by atoms with van der Waals surface area (Å²) >= 11 is 0. The summed E-state index contributed by atoms with van der Waals surface area (Å²) in [5.41, 5.74) is 4.44. The normalized spacial score (nSPS) is 30.4. The Labute approximate surface area is 100 Å². The minimum Gasteiger partial charge on any atom is -0.0625 e. The molecular weight excluding hydrogens is 192 g/mol. The van der Waals surface area contributed by atoms with Gasteiger partial charge in [0.15, 0.2) is 0 Å². The van der Waals surface area contributed by atoms with Gasteiger partial charge in [0.2, 0.25) is 0 Å². The van der Waals surface area contributed by atoms with Crippen LogP contribution in [-0.4, -0.2) is 0 Å². The lowest BCUT2D eigenvalue weighted by molar-refractivity contribution is 0.262. The zero-order chi connectivity index (χ0) is 11.7. The second kappa shape index (κ2) is 4.61. The van der Waals surface area contributed by atoms with Crippen LogP contribution in [0.2, 0.25) is 0 Å². The predicted octanol–water partition coefficient (Wildman–Crippen LogP) is 4.84. The van der Waals surface area contributed by atoms with Crippen LogP contribution in [0.15, 0.2) is 18.2 Å². The fraction of sp³-hybridized carbons (Fsp3) is 0.625. The van der Waals surface area contributed by atoms with E-state index >= 15 is 0 Å². The molecule has 0 bridgehead atoms. The number of aryl methyl sites for hydroxylation is 2. The third kappa shape index (κ3) is 2.31. The van der Waals surface area contributed by atoms with Crippen LogP contribution < -0.4 is 0 Å². The maximum atomic E-state index is 2.43. The fourth-order valence-corrected chi connectivity index (χ4v) is 3.16. The Morgan fingerprint density at radius 1 is 1.00 bits per heavy atom. The van der Waals surface area contributed by atoms with Crippen LogP contribution in [0, 0.1) is 25.7 Å². The number of benzene rings is 1. The second-order valence-corrected chi connectivity index (χ2v) is 5.85. The van der Waals surface area contributed by atoms with Crippen LogP contribution in [-0.2, 0) is 0 Å². The number of hydrogen-bond donors (Lipinski definition) is 0. The third-order valence-electron chi connectivity index (χ3n) is 4.39. The smallest absolute Gasteiger partial charge is 0.0136 e. The van der Waals surface area contributed by atoms with Crippen molar-refractivity contribution in [1.82, 2.24) is 0 Å². The van der Waals surface area contributed by atoms with Crippen molar-refractivity contribution >= 4 is 0 Å². The van der Waals surface area contributed by atoms with Gasteiger partial charge < -0.3 is 0 Å². The van der Waals surface area contributed by atoms with Crippen molar-refractivity contribution in [3.8, 4) is 0 Å². The highest BCUT2D eigenvalue weighted by molar-refractivity contribution is 5.32. The first-order valence-electron chi connectivity index (χ1n) is 6.65. The molecular formula is C16H24. The Kier molecular flexibility index (Phi) is 3.37. The molecule has 0 amide bonds. The topological polar surface area (TPSA) is 0 Å². The molecule has 0 radical (unpaired) electrons. The molecule has 1 fully saturated rings. The van der Waals surface area contributed by atoms with Crippen LogP contribution in [0.25, 0.3) is 0 Å². The Balaban J connectivity index is 2.20. The van der Waals surface area contributed by atoms with Gasteiger partial charge in [-0.15, -0.1) is 0 Å². The molecule has 0 heteroatoms. The van der Waals surface area contributed by atoms with Crippen LogP contribution in [0.4, 0.5) is 0 Å². The molecule has 0 aliphatic heterocycles. The molecule has 0 N–H and O–H groups in total. The second-order valence-electron chi connectivity index (χ2n) is 5.85. The molecule has 0 saturated heterocycles. The summed E-state index contributed by atoms with van der Waals surface area (Å²) in [6.45, 7) is 9.25. The molecule has 1 saturated carbocycles. The molecule has 0 aromatic heterocycles. The first kappa shape index (κ1) is 11.7. The lowest BCUT2D eigenvalue weighted by atomic mass is 9.72. The average Bonchev–Trinajstić information content (AvgIpc) is 2.22. The molecule has 1 aromatic rings. The van der Waals surface area contributed by atoms with Gasteiger partial charge in [-0.25, -0.2) is 0 Å². The third-order valence-corrected chi connectivity index (χ3v) is 4.39.